The molecule has 0 aliphatic heterocycles. The van der Waals surface area contributed by atoms with Crippen LogP contribution in [0.15, 0.2) is 0 Å². The molecule has 0 heterocycles. The topological polar surface area (TPSA) is 109 Å². The first-order chi connectivity index (χ1) is 20.5. The van der Waals surface area contributed by atoms with E-state index in [-0.39, 0.29) is 17.9 Å². The van der Waals surface area contributed by atoms with Crippen LogP contribution in [0.3, 0.4) is 0 Å². The fourth-order valence-corrected chi connectivity index (χ4v) is 5.53. The quantitative estimate of drug-likeness (QED) is 0.161. The lowest BCUT2D eigenvalue weighted by molar-refractivity contribution is -0.121. The molecule has 0 aromatic carbocycles. The van der Waals surface area contributed by atoms with E-state index in [1.165, 1.54) is 25.7 Å². The number of nitrogens with one attached hydrogen (secondary N) is 1. The molecule has 0 unspecified atom stereocenters. The van der Waals surface area contributed by atoms with Crippen molar-refractivity contribution in [2.24, 2.45) is 17.8 Å². The summed E-state index contributed by atoms with van der Waals surface area (Å²) in [5.41, 5.74) is -0.463. The van der Waals surface area contributed by atoms with E-state index in [1.807, 2.05) is 20.8 Å². The Morgan fingerprint density at radius 1 is 0.628 bits per heavy atom. The second kappa shape index (κ2) is 23.8. The van der Waals surface area contributed by atoms with Crippen LogP contribution in [0.4, 0.5) is 4.79 Å². The molecular weight excluding hydrogens is 550 g/mol. The largest absolute Gasteiger partial charge is 0.444 e. The molecule has 2 aliphatic rings. The molecule has 2 aliphatic carbocycles. The summed E-state index contributed by atoms with van der Waals surface area (Å²) in [5.74, 6) is 2.89. The van der Waals surface area contributed by atoms with Crippen molar-refractivity contribution in [1.29, 1.82) is 0 Å². The van der Waals surface area contributed by atoms with Gasteiger partial charge in [-0.25, -0.2) is 4.79 Å². The van der Waals surface area contributed by atoms with Gasteiger partial charge in [0, 0.05) is 45.9 Å². The van der Waals surface area contributed by atoms with Gasteiger partial charge in [0.05, 0.1) is 39.6 Å². The summed E-state index contributed by atoms with van der Waals surface area (Å²) in [6, 6.07) is 0.191. The SMILES string of the molecule is COCCOCCC(=O)CCC1CCC(C)CC1.COCCOCCC(=O)CCC1CCC(NC(=O)OC(C)(C)C)CC1. The van der Waals surface area contributed by atoms with Crippen LogP contribution in [-0.2, 0) is 33.3 Å². The molecule has 0 aromatic heterocycles. The zero-order chi connectivity index (χ0) is 31.9. The molecule has 0 saturated heterocycles. The summed E-state index contributed by atoms with van der Waals surface area (Å²) >= 11 is 0. The molecule has 1 N–H and O–H groups in total. The van der Waals surface area contributed by atoms with Crippen molar-refractivity contribution in [1.82, 2.24) is 5.32 Å². The monoisotopic (exact) mass is 613 g/mol. The highest BCUT2D eigenvalue weighted by Gasteiger charge is 2.25. The predicted octanol–water partition coefficient (Wildman–Crippen LogP) is 6.69. The van der Waals surface area contributed by atoms with Gasteiger partial charge in [0.25, 0.3) is 0 Å². The highest BCUT2D eigenvalue weighted by Crippen LogP contribution is 2.31. The van der Waals surface area contributed by atoms with Gasteiger partial charge in [0.15, 0.2) is 0 Å². The molecule has 2 fully saturated rings. The zero-order valence-corrected chi connectivity index (χ0v) is 28.2. The van der Waals surface area contributed by atoms with E-state index in [4.69, 9.17) is 23.7 Å². The average molecular weight is 614 g/mol. The fraction of sp³-hybridized carbons (Fsp3) is 0.912. The van der Waals surface area contributed by atoms with E-state index < -0.39 is 5.60 Å². The first-order valence-corrected chi connectivity index (χ1v) is 16.7. The second-order valence-electron chi connectivity index (χ2n) is 13.4. The van der Waals surface area contributed by atoms with Gasteiger partial charge in [0.2, 0.25) is 0 Å². The maximum atomic E-state index is 11.9. The number of alkyl carbamates (subject to hydrolysis) is 1. The second-order valence-corrected chi connectivity index (χ2v) is 13.4. The molecule has 9 heteroatoms. The standard InChI is InChI=1S/C19H35NO5.C15H28O3/c1-19(2,3)25-18(22)20-16-8-5-15(6-9-16)7-10-17(21)11-12-24-14-13-23-4;1-13-3-5-14(6-4-13)7-8-15(16)9-10-18-12-11-17-2/h15-16H,5-14H2,1-4H3,(H,20,22);13-14H,3-12H2,1-2H3. The summed E-state index contributed by atoms with van der Waals surface area (Å²) in [4.78, 5) is 35.3. The van der Waals surface area contributed by atoms with Gasteiger partial charge in [-0.05, 0) is 77.0 Å². The Kier molecular flexibility index (Phi) is 21.8. The molecule has 0 aromatic rings. The summed E-state index contributed by atoms with van der Waals surface area (Å²) in [6.45, 7) is 11.2. The number of carbonyl (C=O) groups is 3. The Morgan fingerprint density at radius 3 is 1.49 bits per heavy atom. The predicted molar refractivity (Wildman–Crippen MR) is 169 cm³/mol. The number of Topliss-reactive ketones (excluding diaryl/α,β-unsaturated/α-hetero) is 2. The molecule has 0 bridgehead atoms. The maximum Gasteiger partial charge on any atom is 0.407 e. The molecular formula is C34H63NO8. The molecule has 252 valence electrons. The van der Waals surface area contributed by atoms with E-state index in [2.05, 4.69) is 12.2 Å². The first kappa shape index (κ1) is 39.5. The Morgan fingerprint density at radius 2 is 1.07 bits per heavy atom. The van der Waals surface area contributed by atoms with Gasteiger partial charge in [-0.1, -0.05) is 32.6 Å². The molecule has 0 spiro atoms. The average Bonchev–Trinajstić information content (AvgIpc) is 2.95. The number of ether oxygens (including phenoxy) is 5. The normalized spacial score (nSPS) is 22.3. The van der Waals surface area contributed by atoms with E-state index in [1.54, 1.807) is 14.2 Å². The molecule has 0 atom stereocenters. The van der Waals surface area contributed by atoms with Crippen LogP contribution in [0.1, 0.15) is 118 Å². The number of carbonyl (C=O) groups excluding carboxylic acids is 3. The number of amides is 1. The van der Waals surface area contributed by atoms with Crippen LogP contribution in [0.5, 0.6) is 0 Å². The number of methoxy groups -OCH3 is 2. The number of rotatable bonds is 19. The summed E-state index contributed by atoms with van der Waals surface area (Å²) < 4.78 is 25.7. The lowest BCUT2D eigenvalue weighted by Gasteiger charge is -2.30. The van der Waals surface area contributed by atoms with Gasteiger partial charge in [0.1, 0.15) is 17.2 Å². The van der Waals surface area contributed by atoms with Crippen LogP contribution >= 0.6 is 0 Å². The molecule has 9 nitrogen and oxygen atoms in total. The molecule has 2 saturated carbocycles. The van der Waals surface area contributed by atoms with Gasteiger partial charge < -0.3 is 29.0 Å². The Bertz CT molecular complexity index is 737. The third-order valence-electron chi connectivity index (χ3n) is 8.28. The van der Waals surface area contributed by atoms with E-state index >= 15 is 0 Å². The maximum absolute atomic E-state index is 11.9. The number of hydrogen-bond acceptors (Lipinski definition) is 8. The van der Waals surface area contributed by atoms with Gasteiger partial charge in [-0.2, -0.15) is 0 Å². The van der Waals surface area contributed by atoms with Crippen LogP contribution in [0.25, 0.3) is 0 Å². The lowest BCUT2D eigenvalue weighted by Crippen LogP contribution is -2.40. The third kappa shape index (κ3) is 22.6. The van der Waals surface area contributed by atoms with Crippen molar-refractivity contribution < 1.29 is 38.1 Å². The van der Waals surface area contributed by atoms with Crippen molar-refractivity contribution in [3.63, 3.8) is 0 Å². The smallest absolute Gasteiger partial charge is 0.407 e. The Balaban J connectivity index is 0.000000453. The third-order valence-corrected chi connectivity index (χ3v) is 8.28. The summed E-state index contributed by atoms with van der Waals surface area (Å²) in [5, 5.41) is 2.95. The molecule has 1 amide bonds. The van der Waals surface area contributed by atoms with Gasteiger partial charge in [-0.3, -0.25) is 9.59 Å². The van der Waals surface area contributed by atoms with E-state index in [9.17, 15) is 14.4 Å². The van der Waals surface area contributed by atoms with Crippen LogP contribution in [0.2, 0.25) is 0 Å². The van der Waals surface area contributed by atoms with Crippen LogP contribution < -0.4 is 5.32 Å². The van der Waals surface area contributed by atoms with Crippen LogP contribution in [-0.4, -0.2) is 83.2 Å². The summed E-state index contributed by atoms with van der Waals surface area (Å²) in [6.07, 6.45) is 13.5. The lowest BCUT2D eigenvalue weighted by atomic mass is 9.80. The minimum absolute atomic E-state index is 0.191. The number of hydrogen-bond donors (Lipinski definition) is 1. The van der Waals surface area contributed by atoms with Crippen molar-refractivity contribution >= 4 is 17.7 Å². The van der Waals surface area contributed by atoms with Crippen molar-refractivity contribution in [3.8, 4) is 0 Å². The Labute approximate surface area is 261 Å². The minimum atomic E-state index is -0.463. The first-order valence-electron chi connectivity index (χ1n) is 16.7. The highest BCUT2D eigenvalue weighted by atomic mass is 16.6. The zero-order valence-electron chi connectivity index (χ0n) is 28.2. The van der Waals surface area contributed by atoms with Crippen molar-refractivity contribution in [3.05, 3.63) is 0 Å². The molecule has 0 radical (unpaired) electrons. The van der Waals surface area contributed by atoms with E-state index in [0.29, 0.717) is 70.6 Å². The molecule has 43 heavy (non-hydrogen) atoms. The van der Waals surface area contributed by atoms with Crippen LogP contribution in [0, 0.1) is 17.8 Å². The summed E-state index contributed by atoms with van der Waals surface area (Å²) in [7, 11) is 3.28. The van der Waals surface area contributed by atoms with Gasteiger partial charge >= 0.3 is 6.09 Å². The molecule has 2 rings (SSSR count). The minimum Gasteiger partial charge on any atom is -0.444 e. The van der Waals surface area contributed by atoms with Crippen molar-refractivity contribution in [2.75, 3.05) is 53.9 Å². The highest BCUT2D eigenvalue weighted by molar-refractivity contribution is 5.78. The van der Waals surface area contributed by atoms with Gasteiger partial charge in [-0.15, -0.1) is 0 Å². The van der Waals surface area contributed by atoms with Crippen molar-refractivity contribution in [2.45, 2.75) is 129 Å². The number of ketones is 2. The Hall–Kier alpha value is -1.55. The van der Waals surface area contributed by atoms with E-state index in [0.717, 1.165) is 56.8 Å². The fourth-order valence-electron chi connectivity index (χ4n) is 5.53.